The molecule has 0 spiro atoms. The summed E-state index contributed by atoms with van der Waals surface area (Å²) in [5, 5.41) is 2.08. The Labute approximate surface area is 109 Å². The molecule has 2 heterocycles. The van der Waals surface area contributed by atoms with Gasteiger partial charge in [0, 0.05) is 16.3 Å². The highest BCUT2D eigenvalue weighted by Crippen LogP contribution is 2.35. The van der Waals surface area contributed by atoms with Gasteiger partial charge in [-0.2, -0.15) is 0 Å². The van der Waals surface area contributed by atoms with Gasteiger partial charge in [0.1, 0.15) is 16.9 Å². The molecule has 2 aromatic heterocycles. The Morgan fingerprint density at radius 2 is 2.11 bits per heavy atom. The van der Waals surface area contributed by atoms with E-state index in [4.69, 9.17) is 10.2 Å². The van der Waals surface area contributed by atoms with Crippen molar-refractivity contribution in [2.75, 3.05) is 0 Å². The molecule has 18 heavy (non-hydrogen) atoms. The van der Waals surface area contributed by atoms with E-state index in [1.807, 2.05) is 32.0 Å². The monoisotopic (exact) mass is 258 g/mol. The molecule has 0 aliphatic carbocycles. The zero-order valence-electron chi connectivity index (χ0n) is 10.3. The lowest BCUT2D eigenvalue weighted by atomic mass is 10.2. The lowest BCUT2D eigenvalue weighted by Crippen LogP contribution is -2.03. The van der Waals surface area contributed by atoms with Gasteiger partial charge in [-0.25, -0.2) is 4.98 Å². The maximum Gasteiger partial charge on any atom is 0.134 e. The number of nitrogens with two attached hydrogens (primary N) is 1. The van der Waals surface area contributed by atoms with Gasteiger partial charge in [-0.05, 0) is 19.9 Å². The SMILES string of the molecule is Cc1nc(-c2coc3ccccc23)sc1C(C)N. The van der Waals surface area contributed by atoms with Gasteiger partial charge in [0.2, 0.25) is 0 Å². The molecule has 0 aliphatic rings. The quantitative estimate of drug-likeness (QED) is 0.758. The minimum Gasteiger partial charge on any atom is -0.464 e. The first kappa shape index (κ1) is 11.4. The highest BCUT2D eigenvalue weighted by atomic mass is 32.1. The fourth-order valence-corrected chi connectivity index (χ4v) is 3.13. The smallest absolute Gasteiger partial charge is 0.134 e. The molecule has 3 rings (SSSR count). The summed E-state index contributed by atoms with van der Waals surface area (Å²) >= 11 is 1.64. The lowest BCUT2D eigenvalue weighted by molar-refractivity contribution is 0.617. The molecule has 92 valence electrons. The molecule has 0 bridgehead atoms. The van der Waals surface area contributed by atoms with Crippen molar-refractivity contribution in [3.05, 3.63) is 41.1 Å². The van der Waals surface area contributed by atoms with Crippen molar-refractivity contribution in [1.82, 2.24) is 4.98 Å². The van der Waals surface area contributed by atoms with Gasteiger partial charge in [-0.3, -0.25) is 0 Å². The molecule has 0 saturated carbocycles. The van der Waals surface area contributed by atoms with Gasteiger partial charge in [0.05, 0.1) is 11.3 Å². The van der Waals surface area contributed by atoms with Crippen molar-refractivity contribution in [2.45, 2.75) is 19.9 Å². The van der Waals surface area contributed by atoms with Crippen LogP contribution < -0.4 is 5.73 Å². The number of para-hydroxylation sites is 1. The maximum atomic E-state index is 5.94. The van der Waals surface area contributed by atoms with E-state index in [-0.39, 0.29) is 6.04 Å². The summed E-state index contributed by atoms with van der Waals surface area (Å²) in [6.45, 7) is 3.98. The highest BCUT2D eigenvalue weighted by molar-refractivity contribution is 7.15. The fraction of sp³-hybridized carbons (Fsp3) is 0.214. The first-order valence-electron chi connectivity index (χ1n) is 5.86. The minimum atomic E-state index is 0.0226. The summed E-state index contributed by atoms with van der Waals surface area (Å²) in [7, 11) is 0. The molecule has 0 aliphatic heterocycles. The van der Waals surface area contributed by atoms with E-state index in [1.165, 1.54) is 0 Å². The van der Waals surface area contributed by atoms with Gasteiger partial charge in [0.25, 0.3) is 0 Å². The zero-order valence-corrected chi connectivity index (χ0v) is 11.1. The predicted molar refractivity (Wildman–Crippen MR) is 74.7 cm³/mol. The molecular formula is C14H14N2OS. The van der Waals surface area contributed by atoms with E-state index in [9.17, 15) is 0 Å². The minimum absolute atomic E-state index is 0.0226. The molecule has 3 nitrogen and oxygen atoms in total. The van der Waals surface area contributed by atoms with Crippen LogP contribution >= 0.6 is 11.3 Å². The molecule has 0 amide bonds. The van der Waals surface area contributed by atoms with E-state index >= 15 is 0 Å². The number of rotatable bonds is 2. The van der Waals surface area contributed by atoms with Gasteiger partial charge in [0.15, 0.2) is 0 Å². The molecule has 0 saturated heterocycles. The zero-order chi connectivity index (χ0) is 12.7. The van der Waals surface area contributed by atoms with Crippen LogP contribution in [-0.2, 0) is 0 Å². The van der Waals surface area contributed by atoms with Crippen LogP contribution in [0, 0.1) is 6.92 Å². The average Bonchev–Trinajstić information content (AvgIpc) is 2.92. The standard InChI is InChI=1S/C14H14N2OS/c1-8(15)13-9(2)16-14(18-13)11-7-17-12-6-4-3-5-10(11)12/h3-8H,15H2,1-2H3. The van der Waals surface area contributed by atoms with Crippen LogP contribution in [0.2, 0.25) is 0 Å². The van der Waals surface area contributed by atoms with Gasteiger partial charge in [-0.1, -0.05) is 18.2 Å². The van der Waals surface area contributed by atoms with Crippen molar-refractivity contribution in [2.24, 2.45) is 5.73 Å². The molecule has 4 heteroatoms. The predicted octanol–water partition coefficient (Wildman–Crippen LogP) is 3.88. The third kappa shape index (κ3) is 1.74. The number of nitrogens with zero attached hydrogens (tertiary/aromatic N) is 1. The Balaban J connectivity index is 2.17. The molecular weight excluding hydrogens is 244 g/mol. The van der Waals surface area contributed by atoms with Crippen molar-refractivity contribution in [3.63, 3.8) is 0 Å². The van der Waals surface area contributed by atoms with Crippen LogP contribution in [-0.4, -0.2) is 4.98 Å². The summed E-state index contributed by atoms with van der Waals surface area (Å²) < 4.78 is 5.55. The van der Waals surface area contributed by atoms with Crippen LogP contribution in [0.4, 0.5) is 0 Å². The molecule has 1 unspecified atom stereocenters. The van der Waals surface area contributed by atoms with Crippen molar-refractivity contribution in [1.29, 1.82) is 0 Å². The van der Waals surface area contributed by atoms with Gasteiger partial charge >= 0.3 is 0 Å². The third-order valence-corrected chi connectivity index (χ3v) is 4.35. The number of aromatic nitrogens is 1. The molecule has 0 radical (unpaired) electrons. The number of fused-ring (bicyclic) bond motifs is 1. The molecule has 1 aromatic carbocycles. The first-order chi connectivity index (χ1) is 8.66. The molecule has 0 fully saturated rings. The van der Waals surface area contributed by atoms with Crippen molar-refractivity contribution >= 4 is 22.3 Å². The molecule has 1 atom stereocenters. The largest absolute Gasteiger partial charge is 0.464 e. The summed E-state index contributed by atoms with van der Waals surface area (Å²) in [6, 6.07) is 8.02. The fourth-order valence-electron chi connectivity index (χ4n) is 2.09. The number of hydrogen-bond acceptors (Lipinski definition) is 4. The highest BCUT2D eigenvalue weighted by Gasteiger charge is 2.15. The van der Waals surface area contributed by atoms with E-state index < -0.39 is 0 Å². The Kier molecular flexibility index (Phi) is 2.69. The van der Waals surface area contributed by atoms with Crippen LogP contribution in [0.1, 0.15) is 23.5 Å². The lowest BCUT2D eigenvalue weighted by Gasteiger charge is -1.99. The van der Waals surface area contributed by atoms with Crippen LogP contribution in [0.3, 0.4) is 0 Å². The normalized spacial score (nSPS) is 13.1. The second-order valence-electron chi connectivity index (χ2n) is 4.40. The Morgan fingerprint density at radius 1 is 1.33 bits per heavy atom. The Morgan fingerprint density at radius 3 is 2.83 bits per heavy atom. The van der Waals surface area contributed by atoms with Crippen LogP contribution in [0.5, 0.6) is 0 Å². The number of hydrogen-bond donors (Lipinski definition) is 1. The van der Waals surface area contributed by atoms with Gasteiger partial charge in [-0.15, -0.1) is 11.3 Å². The van der Waals surface area contributed by atoms with E-state index in [0.29, 0.717) is 0 Å². The number of furan rings is 1. The summed E-state index contributed by atoms with van der Waals surface area (Å²) in [5.74, 6) is 0. The number of thiazole rings is 1. The average molecular weight is 258 g/mol. The number of aryl methyl sites for hydroxylation is 1. The van der Waals surface area contributed by atoms with E-state index in [1.54, 1.807) is 17.6 Å². The van der Waals surface area contributed by atoms with E-state index in [0.717, 1.165) is 32.1 Å². The molecule has 2 N–H and O–H groups in total. The van der Waals surface area contributed by atoms with Gasteiger partial charge < -0.3 is 10.2 Å². The second-order valence-corrected chi connectivity index (χ2v) is 5.43. The second kappa shape index (κ2) is 4.23. The first-order valence-corrected chi connectivity index (χ1v) is 6.68. The Hall–Kier alpha value is -1.65. The topological polar surface area (TPSA) is 52.0 Å². The Bertz CT molecular complexity index is 697. The van der Waals surface area contributed by atoms with Crippen LogP contribution in [0.25, 0.3) is 21.5 Å². The van der Waals surface area contributed by atoms with E-state index in [2.05, 4.69) is 11.1 Å². The van der Waals surface area contributed by atoms with Crippen molar-refractivity contribution < 1.29 is 4.42 Å². The summed E-state index contributed by atoms with van der Waals surface area (Å²) in [6.07, 6.45) is 1.77. The number of benzene rings is 1. The summed E-state index contributed by atoms with van der Waals surface area (Å²) in [4.78, 5) is 5.74. The maximum absolute atomic E-state index is 5.94. The summed E-state index contributed by atoms with van der Waals surface area (Å²) in [5.41, 5.74) is 8.89. The van der Waals surface area contributed by atoms with Crippen molar-refractivity contribution in [3.8, 4) is 10.6 Å². The van der Waals surface area contributed by atoms with Crippen LogP contribution in [0.15, 0.2) is 34.9 Å². The third-order valence-electron chi connectivity index (χ3n) is 2.96. The molecule has 3 aromatic rings.